The number of nitrogens with zero attached hydrogens (tertiary/aromatic N) is 1. The van der Waals surface area contributed by atoms with E-state index >= 15 is 0 Å². The van der Waals surface area contributed by atoms with E-state index in [1.54, 1.807) is 18.4 Å². The summed E-state index contributed by atoms with van der Waals surface area (Å²) in [6.07, 6.45) is -0.123. The molecule has 0 spiro atoms. The highest BCUT2D eigenvalue weighted by molar-refractivity contribution is 7.12. The topological polar surface area (TPSA) is 48.1 Å². The second kappa shape index (κ2) is 4.63. The van der Waals surface area contributed by atoms with E-state index in [9.17, 15) is 0 Å². The molecule has 16 heavy (non-hydrogen) atoms. The van der Waals surface area contributed by atoms with Crippen LogP contribution in [0.2, 0.25) is 0 Å². The van der Waals surface area contributed by atoms with Crippen molar-refractivity contribution < 1.29 is 4.74 Å². The lowest BCUT2D eigenvalue weighted by molar-refractivity contribution is 0.136. The molecule has 1 aromatic carbocycles. The number of hydrogen-bond acceptors (Lipinski definition) is 4. The predicted octanol–water partition coefficient (Wildman–Crippen LogP) is 2.77. The Balaban J connectivity index is 2.37. The number of rotatable bonds is 3. The van der Waals surface area contributed by atoms with Crippen LogP contribution < -0.4 is 5.73 Å². The summed E-state index contributed by atoms with van der Waals surface area (Å²) < 4.78 is 5.48. The fraction of sp³-hybridized carbons (Fsp3) is 0.250. The van der Waals surface area contributed by atoms with Gasteiger partial charge in [0, 0.05) is 12.0 Å². The molecule has 0 radical (unpaired) electrons. The molecule has 0 amide bonds. The second-order valence-corrected chi connectivity index (χ2v) is 4.75. The fourth-order valence-electron chi connectivity index (χ4n) is 1.55. The molecule has 0 aliphatic carbocycles. The summed E-state index contributed by atoms with van der Waals surface area (Å²) in [4.78, 5) is 5.36. The van der Waals surface area contributed by atoms with Crippen LogP contribution >= 0.6 is 11.3 Å². The second-order valence-electron chi connectivity index (χ2n) is 3.52. The zero-order chi connectivity index (χ0) is 11.5. The van der Waals surface area contributed by atoms with Crippen molar-refractivity contribution in [3.8, 4) is 0 Å². The number of nitrogens with two attached hydrogens (primary N) is 1. The first-order valence-electron chi connectivity index (χ1n) is 5.03. The Bertz CT molecular complexity index is 448. The molecule has 0 saturated heterocycles. The summed E-state index contributed by atoms with van der Waals surface area (Å²) in [7, 11) is 1.69. The van der Waals surface area contributed by atoms with Crippen molar-refractivity contribution in [3.63, 3.8) is 0 Å². The number of methoxy groups -OCH3 is 1. The molecule has 1 heterocycles. The van der Waals surface area contributed by atoms with Gasteiger partial charge in [0.05, 0.1) is 0 Å². The van der Waals surface area contributed by atoms with Gasteiger partial charge in [-0.1, -0.05) is 30.3 Å². The van der Waals surface area contributed by atoms with E-state index in [0.717, 1.165) is 15.4 Å². The molecule has 0 aliphatic rings. The van der Waals surface area contributed by atoms with Crippen LogP contribution in [0.25, 0.3) is 0 Å². The van der Waals surface area contributed by atoms with E-state index in [-0.39, 0.29) is 6.10 Å². The van der Waals surface area contributed by atoms with Gasteiger partial charge in [-0.2, -0.15) is 0 Å². The molecule has 2 N–H and O–H groups in total. The Morgan fingerprint density at radius 1 is 1.31 bits per heavy atom. The average molecular weight is 234 g/mol. The highest BCUT2D eigenvalue weighted by Crippen LogP contribution is 2.31. The Labute approximate surface area is 98.9 Å². The zero-order valence-electron chi connectivity index (χ0n) is 9.31. The molecule has 2 rings (SSSR count). The van der Waals surface area contributed by atoms with Crippen LogP contribution in [0.15, 0.2) is 30.3 Å². The maximum Gasteiger partial charge on any atom is 0.137 e. The minimum absolute atomic E-state index is 0.123. The van der Waals surface area contributed by atoms with Crippen LogP contribution in [0.4, 0.5) is 5.82 Å². The van der Waals surface area contributed by atoms with Crippen molar-refractivity contribution in [2.24, 2.45) is 0 Å². The van der Waals surface area contributed by atoms with Gasteiger partial charge in [0.25, 0.3) is 0 Å². The Hall–Kier alpha value is -1.39. The monoisotopic (exact) mass is 234 g/mol. The molecule has 0 bridgehead atoms. The molecule has 0 fully saturated rings. The third kappa shape index (κ3) is 2.08. The summed E-state index contributed by atoms with van der Waals surface area (Å²) in [6.45, 7) is 1.97. The zero-order valence-corrected chi connectivity index (χ0v) is 10.1. The quantitative estimate of drug-likeness (QED) is 0.888. The molecule has 2 aromatic rings. The van der Waals surface area contributed by atoms with Crippen LogP contribution in [0, 0.1) is 6.92 Å². The van der Waals surface area contributed by atoms with E-state index in [0.29, 0.717) is 5.82 Å². The third-order valence-corrected chi connectivity index (χ3v) is 3.44. The standard InChI is InChI=1S/C12H14N2OS/c1-8-11(13)14-12(16-8)10(15-2)9-6-4-3-5-7-9/h3-7,10H,13H2,1-2H3. The molecular weight excluding hydrogens is 220 g/mol. The number of thiazole rings is 1. The SMILES string of the molecule is COC(c1ccccc1)c1nc(N)c(C)s1. The van der Waals surface area contributed by atoms with Gasteiger partial charge >= 0.3 is 0 Å². The van der Waals surface area contributed by atoms with E-state index in [4.69, 9.17) is 10.5 Å². The minimum Gasteiger partial charge on any atom is -0.383 e. The summed E-state index contributed by atoms with van der Waals surface area (Å²) in [5, 5.41) is 0.906. The van der Waals surface area contributed by atoms with E-state index in [1.165, 1.54) is 0 Å². The number of ether oxygens (including phenoxy) is 1. The van der Waals surface area contributed by atoms with Gasteiger partial charge in [-0.15, -0.1) is 11.3 Å². The van der Waals surface area contributed by atoms with Crippen LogP contribution in [-0.4, -0.2) is 12.1 Å². The Kier molecular flexibility index (Phi) is 3.22. The Morgan fingerprint density at radius 2 is 2.00 bits per heavy atom. The van der Waals surface area contributed by atoms with Crippen molar-refractivity contribution in [1.82, 2.24) is 4.98 Å². The molecule has 0 aliphatic heterocycles. The van der Waals surface area contributed by atoms with Crippen molar-refractivity contribution in [2.75, 3.05) is 12.8 Å². The van der Waals surface area contributed by atoms with Gasteiger partial charge in [-0.05, 0) is 12.5 Å². The lowest BCUT2D eigenvalue weighted by Crippen LogP contribution is -2.03. The number of nitrogen functional groups attached to an aromatic ring is 1. The highest BCUT2D eigenvalue weighted by atomic mass is 32.1. The van der Waals surface area contributed by atoms with E-state index < -0.39 is 0 Å². The number of hydrogen-bond donors (Lipinski definition) is 1. The normalized spacial score (nSPS) is 12.6. The fourth-order valence-corrected chi connectivity index (χ4v) is 2.50. The number of aryl methyl sites for hydroxylation is 1. The minimum atomic E-state index is -0.123. The van der Waals surface area contributed by atoms with Gasteiger partial charge in [-0.3, -0.25) is 0 Å². The molecule has 1 aromatic heterocycles. The smallest absolute Gasteiger partial charge is 0.137 e. The lowest BCUT2D eigenvalue weighted by atomic mass is 10.1. The van der Waals surface area contributed by atoms with E-state index in [2.05, 4.69) is 4.98 Å². The van der Waals surface area contributed by atoms with Crippen LogP contribution in [0.1, 0.15) is 21.6 Å². The van der Waals surface area contributed by atoms with Crippen LogP contribution in [0.3, 0.4) is 0 Å². The van der Waals surface area contributed by atoms with Gasteiger partial charge in [0.2, 0.25) is 0 Å². The molecule has 84 valence electrons. The first-order chi connectivity index (χ1) is 7.72. The maximum atomic E-state index is 5.75. The molecular formula is C12H14N2OS. The molecule has 3 nitrogen and oxygen atoms in total. The largest absolute Gasteiger partial charge is 0.383 e. The molecule has 0 saturated carbocycles. The summed E-state index contributed by atoms with van der Waals surface area (Å²) in [5.74, 6) is 0.595. The molecule has 4 heteroatoms. The number of anilines is 1. The van der Waals surface area contributed by atoms with Gasteiger partial charge < -0.3 is 10.5 Å². The van der Waals surface area contributed by atoms with Gasteiger partial charge in [0.1, 0.15) is 16.9 Å². The first-order valence-corrected chi connectivity index (χ1v) is 5.84. The van der Waals surface area contributed by atoms with Crippen molar-refractivity contribution >= 4 is 17.2 Å². The van der Waals surface area contributed by atoms with E-state index in [1.807, 2.05) is 37.3 Å². The van der Waals surface area contributed by atoms with Crippen molar-refractivity contribution in [2.45, 2.75) is 13.0 Å². The third-order valence-electron chi connectivity index (χ3n) is 2.41. The maximum absolute atomic E-state index is 5.75. The Morgan fingerprint density at radius 3 is 2.50 bits per heavy atom. The van der Waals surface area contributed by atoms with Gasteiger partial charge in [0.15, 0.2) is 0 Å². The molecule has 1 unspecified atom stereocenters. The number of benzene rings is 1. The van der Waals surface area contributed by atoms with Crippen LogP contribution in [0.5, 0.6) is 0 Å². The average Bonchev–Trinajstić information content (AvgIpc) is 2.61. The van der Waals surface area contributed by atoms with Crippen molar-refractivity contribution in [3.05, 3.63) is 45.8 Å². The first kappa shape index (κ1) is 11.1. The predicted molar refractivity (Wildman–Crippen MR) is 66.6 cm³/mol. The lowest BCUT2D eigenvalue weighted by Gasteiger charge is -2.12. The van der Waals surface area contributed by atoms with Gasteiger partial charge in [-0.25, -0.2) is 4.98 Å². The van der Waals surface area contributed by atoms with Crippen molar-refractivity contribution in [1.29, 1.82) is 0 Å². The number of aromatic nitrogens is 1. The highest BCUT2D eigenvalue weighted by Gasteiger charge is 2.17. The summed E-state index contributed by atoms with van der Waals surface area (Å²) >= 11 is 1.58. The summed E-state index contributed by atoms with van der Waals surface area (Å²) in [5.41, 5.74) is 6.85. The molecule has 1 atom stereocenters. The summed E-state index contributed by atoms with van der Waals surface area (Å²) in [6, 6.07) is 10.0. The van der Waals surface area contributed by atoms with Crippen LogP contribution in [-0.2, 0) is 4.74 Å².